The highest BCUT2D eigenvalue weighted by Gasteiger charge is 2.24. The van der Waals surface area contributed by atoms with Gasteiger partial charge < -0.3 is 9.80 Å². The first-order valence-electron chi connectivity index (χ1n) is 17.5. The zero-order chi connectivity index (χ0) is 32.2. The van der Waals surface area contributed by atoms with Crippen LogP contribution < -0.4 is 9.80 Å². The standard InChI is InChI=1S/C46H40N2/c1-31-20-21-36(28-32(31)2)46-40-25-23-37(47-26-10-16-33-12-6-8-18-43(33)47)29-41(40)45(35-14-4-3-5-15-35)39-24-22-38(30-42(39)46)48-27-11-17-34-13-7-9-19-44(34)48/h3-9,12-15,18-25,28-30H,10-11,16-17,26-27H2,1-2H3. The van der Waals surface area contributed by atoms with Gasteiger partial charge in [-0.2, -0.15) is 0 Å². The maximum absolute atomic E-state index is 2.53. The minimum atomic E-state index is 1.03. The monoisotopic (exact) mass is 620 g/mol. The molecule has 0 saturated carbocycles. The van der Waals surface area contributed by atoms with E-state index in [2.05, 4.69) is 157 Å². The van der Waals surface area contributed by atoms with E-state index in [-0.39, 0.29) is 0 Å². The second kappa shape index (κ2) is 11.7. The number of rotatable bonds is 4. The van der Waals surface area contributed by atoms with E-state index in [1.165, 1.54) is 88.8 Å². The summed E-state index contributed by atoms with van der Waals surface area (Å²) in [5, 5.41) is 5.21. The Bertz CT molecular complexity index is 2330. The van der Waals surface area contributed by atoms with Crippen LogP contribution in [-0.2, 0) is 12.8 Å². The summed E-state index contributed by atoms with van der Waals surface area (Å²) < 4.78 is 0. The predicted octanol–water partition coefficient (Wildman–Crippen LogP) is 12.1. The van der Waals surface area contributed by atoms with Gasteiger partial charge in [-0.15, -0.1) is 0 Å². The van der Waals surface area contributed by atoms with Crippen LogP contribution in [-0.4, -0.2) is 13.1 Å². The van der Waals surface area contributed by atoms with E-state index in [1.807, 2.05) is 0 Å². The molecule has 0 radical (unpaired) electrons. The molecule has 9 rings (SSSR count). The predicted molar refractivity (Wildman–Crippen MR) is 205 cm³/mol. The van der Waals surface area contributed by atoms with E-state index >= 15 is 0 Å². The summed E-state index contributed by atoms with van der Waals surface area (Å²) in [4.78, 5) is 5.07. The molecule has 2 aliphatic rings. The smallest absolute Gasteiger partial charge is 0.0443 e. The first-order valence-corrected chi connectivity index (χ1v) is 17.5. The first-order chi connectivity index (χ1) is 23.6. The lowest BCUT2D eigenvalue weighted by atomic mass is 9.84. The van der Waals surface area contributed by atoms with Crippen LogP contribution >= 0.6 is 0 Å². The summed E-state index contributed by atoms with van der Waals surface area (Å²) in [6.07, 6.45) is 4.60. The van der Waals surface area contributed by atoms with Crippen LogP contribution in [0.3, 0.4) is 0 Å². The molecule has 2 heterocycles. The fourth-order valence-electron chi connectivity index (χ4n) is 8.27. The van der Waals surface area contributed by atoms with Gasteiger partial charge in [-0.1, -0.05) is 97.1 Å². The van der Waals surface area contributed by atoms with E-state index in [9.17, 15) is 0 Å². The molecule has 0 saturated heterocycles. The molecule has 2 nitrogen and oxygen atoms in total. The van der Waals surface area contributed by atoms with Crippen LogP contribution in [0.4, 0.5) is 22.7 Å². The third kappa shape index (κ3) is 4.78. The zero-order valence-electron chi connectivity index (χ0n) is 27.8. The number of anilines is 4. The first kappa shape index (κ1) is 28.8. The summed E-state index contributed by atoms with van der Waals surface area (Å²) in [5.41, 5.74) is 15.9. The van der Waals surface area contributed by atoms with Crippen LogP contribution in [0.1, 0.15) is 35.1 Å². The summed E-state index contributed by atoms with van der Waals surface area (Å²) >= 11 is 0. The Hall–Kier alpha value is -5.34. The molecule has 7 aromatic rings. The lowest BCUT2D eigenvalue weighted by Gasteiger charge is -2.32. The van der Waals surface area contributed by atoms with Gasteiger partial charge in [0.25, 0.3) is 0 Å². The lowest BCUT2D eigenvalue weighted by molar-refractivity contribution is 0.767. The summed E-state index contributed by atoms with van der Waals surface area (Å²) in [7, 11) is 0. The van der Waals surface area contributed by atoms with Crippen LogP contribution in [0.25, 0.3) is 43.8 Å². The normalized spacial score (nSPS) is 14.3. The third-order valence-electron chi connectivity index (χ3n) is 10.8. The van der Waals surface area contributed by atoms with Crippen LogP contribution in [0.2, 0.25) is 0 Å². The Kier molecular flexibility index (Phi) is 7.04. The number of fused-ring (bicyclic) bond motifs is 4. The maximum Gasteiger partial charge on any atom is 0.0443 e. The van der Waals surface area contributed by atoms with Gasteiger partial charge in [0.1, 0.15) is 0 Å². The number of benzene rings is 7. The van der Waals surface area contributed by atoms with Gasteiger partial charge in [0.15, 0.2) is 0 Å². The molecule has 7 aromatic carbocycles. The van der Waals surface area contributed by atoms with Crippen molar-refractivity contribution in [3.8, 4) is 22.3 Å². The van der Waals surface area contributed by atoms with E-state index in [1.54, 1.807) is 0 Å². The minimum Gasteiger partial charge on any atom is -0.341 e. The minimum absolute atomic E-state index is 1.03. The second-order valence-corrected chi connectivity index (χ2v) is 13.6. The third-order valence-corrected chi connectivity index (χ3v) is 10.8. The van der Waals surface area contributed by atoms with Crippen molar-refractivity contribution in [2.45, 2.75) is 39.5 Å². The van der Waals surface area contributed by atoms with Crippen molar-refractivity contribution in [2.24, 2.45) is 0 Å². The van der Waals surface area contributed by atoms with Crippen LogP contribution in [0, 0.1) is 13.8 Å². The van der Waals surface area contributed by atoms with Crippen molar-refractivity contribution in [3.63, 3.8) is 0 Å². The Morgan fingerprint density at radius 1 is 0.417 bits per heavy atom. The van der Waals surface area contributed by atoms with E-state index in [4.69, 9.17) is 0 Å². The largest absolute Gasteiger partial charge is 0.341 e. The van der Waals surface area contributed by atoms with E-state index in [0.717, 1.165) is 38.8 Å². The molecule has 0 amide bonds. The molecular formula is C46H40N2. The molecule has 0 atom stereocenters. The number of nitrogens with zero attached hydrogens (tertiary/aromatic N) is 2. The van der Waals surface area contributed by atoms with Gasteiger partial charge in [0.2, 0.25) is 0 Å². The van der Waals surface area contributed by atoms with Crippen molar-refractivity contribution in [3.05, 3.63) is 156 Å². The van der Waals surface area contributed by atoms with Crippen molar-refractivity contribution >= 4 is 44.3 Å². The maximum atomic E-state index is 2.53. The molecule has 2 heteroatoms. The molecule has 0 N–H and O–H groups in total. The molecule has 0 fully saturated rings. The molecule has 48 heavy (non-hydrogen) atoms. The lowest BCUT2D eigenvalue weighted by Crippen LogP contribution is -2.24. The van der Waals surface area contributed by atoms with Gasteiger partial charge in [-0.05, 0) is 142 Å². The molecular weight excluding hydrogens is 581 g/mol. The SMILES string of the molecule is Cc1ccc(-c2c3ccc(N4CCCc5ccccc54)cc3c(-c3ccccc3)c3ccc(N4CCCc5ccccc54)cc23)cc1C. The van der Waals surface area contributed by atoms with Crippen LogP contribution in [0.15, 0.2) is 133 Å². The number of para-hydroxylation sites is 2. The Balaban J connectivity index is 1.36. The number of hydrogen-bond acceptors (Lipinski definition) is 2. The van der Waals surface area contributed by atoms with Crippen molar-refractivity contribution < 1.29 is 0 Å². The fourth-order valence-corrected chi connectivity index (χ4v) is 8.27. The molecule has 234 valence electrons. The zero-order valence-corrected chi connectivity index (χ0v) is 27.8. The van der Waals surface area contributed by atoms with Crippen molar-refractivity contribution in [1.29, 1.82) is 0 Å². The average Bonchev–Trinajstić information content (AvgIpc) is 3.14. The van der Waals surface area contributed by atoms with Gasteiger partial charge in [0.05, 0.1) is 0 Å². The highest BCUT2D eigenvalue weighted by Crippen LogP contribution is 2.47. The topological polar surface area (TPSA) is 6.48 Å². The molecule has 0 unspecified atom stereocenters. The van der Waals surface area contributed by atoms with Crippen molar-refractivity contribution in [2.75, 3.05) is 22.9 Å². The Morgan fingerprint density at radius 3 is 1.50 bits per heavy atom. The Morgan fingerprint density at radius 2 is 0.938 bits per heavy atom. The fraction of sp³-hybridized carbons (Fsp3) is 0.174. The van der Waals surface area contributed by atoms with Gasteiger partial charge >= 0.3 is 0 Å². The Labute approximate surface area is 283 Å². The highest BCUT2D eigenvalue weighted by atomic mass is 15.1. The highest BCUT2D eigenvalue weighted by molar-refractivity contribution is 6.22. The molecule has 0 spiro atoms. The molecule has 0 aliphatic carbocycles. The number of hydrogen-bond donors (Lipinski definition) is 0. The van der Waals surface area contributed by atoms with Gasteiger partial charge in [0, 0.05) is 35.8 Å². The van der Waals surface area contributed by atoms with Crippen LogP contribution in [0.5, 0.6) is 0 Å². The molecule has 2 aliphatic heterocycles. The molecule has 0 aromatic heterocycles. The van der Waals surface area contributed by atoms with Gasteiger partial charge in [-0.3, -0.25) is 0 Å². The number of aryl methyl sites for hydroxylation is 4. The quantitative estimate of drug-likeness (QED) is 0.181. The average molecular weight is 621 g/mol. The summed E-state index contributed by atoms with van der Waals surface area (Å²) in [6, 6.07) is 50.4. The summed E-state index contributed by atoms with van der Waals surface area (Å²) in [6.45, 7) is 6.51. The second-order valence-electron chi connectivity index (χ2n) is 13.6. The summed E-state index contributed by atoms with van der Waals surface area (Å²) in [5.74, 6) is 0. The molecule has 0 bridgehead atoms. The van der Waals surface area contributed by atoms with E-state index < -0.39 is 0 Å². The van der Waals surface area contributed by atoms with E-state index in [0.29, 0.717) is 0 Å². The van der Waals surface area contributed by atoms with Gasteiger partial charge in [-0.25, -0.2) is 0 Å². The van der Waals surface area contributed by atoms with Crippen molar-refractivity contribution in [1.82, 2.24) is 0 Å².